The van der Waals surface area contributed by atoms with E-state index in [9.17, 15) is 14.0 Å². The van der Waals surface area contributed by atoms with E-state index in [-0.39, 0.29) is 12.4 Å². The number of carbonyl (C=O) groups excluding carboxylic acids is 2. The topological polar surface area (TPSA) is 64.6 Å². The van der Waals surface area contributed by atoms with Gasteiger partial charge >= 0.3 is 12.1 Å². The van der Waals surface area contributed by atoms with Crippen LogP contribution in [0.4, 0.5) is 9.18 Å². The van der Waals surface area contributed by atoms with Crippen molar-refractivity contribution in [2.45, 2.75) is 39.7 Å². The molecule has 0 radical (unpaired) electrons. The fourth-order valence-electron chi connectivity index (χ4n) is 1.76. The van der Waals surface area contributed by atoms with Crippen LogP contribution in [0.25, 0.3) is 5.57 Å². The Kier molecular flexibility index (Phi) is 7.42. The summed E-state index contributed by atoms with van der Waals surface area (Å²) in [6, 6.07) is 5.86. The lowest BCUT2D eigenvalue weighted by Gasteiger charge is -2.19. The molecule has 0 aromatic heterocycles. The molecule has 0 fully saturated rings. The van der Waals surface area contributed by atoms with E-state index in [0.717, 1.165) is 5.56 Å². The average Bonchev–Trinajstić information content (AvgIpc) is 2.45. The molecule has 0 heterocycles. The van der Waals surface area contributed by atoms with Crippen LogP contribution in [0.2, 0.25) is 0 Å². The molecule has 132 valence electrons. The molecule has 0 bridgehead atoms. The molecule has 5 nitrogen and oxygen atoms in total. The Balaban J connectivity index is 2.28. The maximum atomic E-state index is 12.8. The van der Waals surface area contributed by atoms with Gasteiger partial charge in [0.25, 0.3) is 0 Å². The Hall–Kier alpha value is -2.37. The summed E-state index contributed by atoms with van der Waals surface area (Å²) in [5, 5.41) is 2.58. The van der Waals surface area contributed by atoms with Crippen molar-refractivity contribution in [1.29, 1.82) is 0 Å². The summed E-state index contributed by atoms with van der Waals surface area (Å²) < 4.78 is 23.0. The van der Waals surface area contributed by atoms with Gasteiger partial charge in [-0.1, -0.05) is 12.1 Å². The molecular weight excluding hydrogens is 313 g/mol. The SMILES string of the molecule is C/C(=C\C(=O)OCCCNC(=O)OC(C)(C)C)c1ccc(F)cc1. The van der Waals surface area contributed by atoms with Crippen molar-refractivity contribution in [2.75, 3.05) is 13.2 Å². The molecule has 0 aliphatic rings. The van der Waals surface area contributed by atoms with Gasteiger partial charge in [-0.25, -0.2) is 14.0 Å². The van der Waals surface area contributed by atoms with Crippen molar-refractivity contribution in [2.24, 2.45) is 0 Å². The molecule has 1 aromatic carbocycles. The van der Waals surface area contributed by atoms with Gasteiger partial charge in [0.15, 0.2) is 0 Å². The van der Waals surface area contributed by atoms with E-state index in [4.69, 9.17) is 9.47 Å². The second-order valence-corrected chi connectivity index (χ2v) is 6.28. The predicted molar refractivity (Wildman–Crippen MR) is 89.9 cm³/mol. The van der Waals surface area contributed by atoms with E-state index in [1.54, 1.807) is 39.8 Å². The highest BCUT2D eigenvalue weighted by atomic mass is 19.1. The van der Waals surface area contributed by atoms with Gasteiger partial charge in [-0.2, -0.15) is 0 Å². The van der Waals surface area contributed by atoms with E-state index in [2.05, 4.69) is 5.32 Å². The summed E-state index contributed by atoms with van der Waals surface area (Å²) in [4.78, 5) is 23.1. The lowest BCUT2D eigenvalue weighted by Crippen LogP contribution is -2.33. The number of rotatable bonds is 6. The lowest BCUT2D eigenvalue weighted by molar-refractivity contribution is -0.137. The Morgan fingerprint density at radius 3 is 2.42 bits per heavy atom. The first-order valence-electron chi connectivity index (χ1n) is 7.75. The molecule has 1 N–H and O–H groups in total. The number of allylic oxidation sites excluding steroid dienone is 1. The standard InChI is InChI=1S/C18H24FNO4/c1-13(14-6-8-15(19)9-7-14)12-16(21)23-11-5-10-20-17(22)24-18(2,3)4/h6-9,12H,5,10-11H2,1-4H3,(H,20,22)/b13-12+. The number of amides is 1. The fraction of sp³-hybridized carbons (Fsp3) is 0.444. The van der Waals surface area contributed by atoms with Gasteiger partial charge in [-0.15, -0.1) is 0 Å². The van der Waals surface area contributed by atoms with Gasteiger partial charge in [-0.05, 0) is 57.4 Å². The number of hydrogen-bond acceptors (Lipinski definition) is 4. The quantitative estimate of drug-likeness (QED) is 0.488. The minimum atomic E-state index is -0.542. The highest BCUT2D eigenvalue weighted by Crippen LogP contribution is 2.14. The zero-order valence-electron chi connectivity index (χ0n) is 14.5. The van der Waals surface area contributed by atoms with Crippen LogP contribution in [0.3, 0.4) is 0 Å². The summed E-state index contributed by atoms with van der Waals surface area (Å²) >= 11 is 0. The zero-order valence-corrected chi connectivity index (χ0v) is 14.5. The van der Waals surface area contributed by atoms with E-state index < -0.39 is 17.7 Å². The summed E-state index contributed by atoms with van der Waals surface area (Å²) in [5.41, 5.74) is 0.894. The molecule has 0 atom stereocenters. The van der Waals surface area contributed by atoms with Crippen LogP contribution in [0.5, 0.6) is 0 Å². The molecule has 6 heteroatoms. The van der Waals surface area contributed by atoms with Gasteiger partial charge in [0.05, 0.1) is 6.61 Å². The average molecular weight is 337 g/mol. The number of nitrogens with one attached hydrogen (secondary N) is 1. The van der Waals surface area contributed by atoms with Gasteiger partial charge in [0.1, 0.15) is 11.4 Å². The third kappa shape index (κ3) is 8.31. The van der Waals surface area contributed by atoms with Crippen LogP contribution < -0.4 is 5.32 Å². The summed E-state index contributed by atoms with van der Waals surface area (Å²) in [6.45, 7) is 7.63. The zero-order chi connectivity index (χ0) is 18.2. The third-order valence-corrected chi connectivity index (χ3v) is 2.87. The van der Waals surface area contributed by atoms with Gasteiger partial charge in [0.2, 0.25) is 0 Å². The molecule has 0 saturated heterocycles. The second-order valence-electron chi connectivity index (χ2n) is 6.28. The molecule has 0 unspecified atom stereocenters. The van der Waals surface area contributed by atoms with Crippen LogP contribution >= 0.6 is 0 Å². The van der Waals surface area contributed by atoms with Crippen molar-refractivity contribution in [1.82, 2.24) is 5.32 Å². The number of ether oxygens (including phenoxy) is 2. The molecule has 0 aliphatic carbocycles. The van der Waals surface area contributed by atoms with E-state index in [1.165, 1.54) is 18.2 Å². The normalized spacial score (nSPS) is 11.8. The Morgan fingerprint density at radius 2 is 1.83 bits per heavy atom. The molecule has 0 spiro atoms. The number of hydrogen-bond donors (Lipinski definition) is 1. The highest BCUT2D eigenvalue weighted by molar-refractivity contribution is 5.90. The summed E-state index contributed by atoms with van der Waals surface area (Å²) in [7, 11) is 0. The maximum Gasteiger partial charge on any atom is 0.407 e. The number of benzene rings is 1. The molecule has 0 aliphatic heterocycles. The van der Waals surface area contributed by atoms with Crippen LogP contribution in [0, 0.1) is 5.82 Å². The Labute approximate surface area is 141 Å². The molecular formula is C18H24FNO4. The minimum Gasteiger partial charge on any atom is -0.462 e. The van der Waals surface area contributed by atoms with E-state index in [0.29, 0.717) is 18.5 Å². The maximum absolute atomic E-state index is 12.8. The van der Waals surface area contributed by atoms with Crippen molar-refractivity contribution in [3.63, 3.8) is 0 Å². The molecule has 1 amide bonds. The van der Waals surface area contributed by atoms with Crippen LogP contribution in [0.1, 0.15) is 39.7 Å². The van der Waals surface area contributed by atoms with Gasteiger partial charge in [-0.3, -0.25) is 0 Å². The molecule has 0 saturated carbocycles. The monoisotopic (exact) mass is 337 g/mol. The minimum absolute atomic E-state index is 0.182. The first kappa shape index (κ1) is 19.7. The van der Waals surface area contributed by atoms with Crippen molar-refractivity contribution < 1.29 is 23.5 Å². The number of halogens is 1. The number of alkyl carbamates (subject to hydrolysis) is 1. The molecule has 1 aromatic rings. The van der Waals surface area contributed by atoms with Crippen LogP contribution in [-0.4, -0.2) is 30.8 Å². The lowest BCUT2D eigenvalue weighted by atomic mass is 10.1. The largest absolute Gasteiger partial charge is 0.462 e. The fourth-order valence-corrected chi connectivity index (χ4v) is 1.76. The highest BCUT2D eigenvalue weighted by Gasteiger charge is 2.15. The molecule has 24 heavy (non-hydrogen) atoms. The summed E-state index contributed by atoms with van der Waals surface area (Å²) in [5.74, 6) is -0.805. The smallest absolute Gasteiger partial charge is 0.407 e. The first-order valence-corrected chi connectivity index (χ1v) is 7.75. The number of esters is 1. The van der Waals surface area contributed by atoms with Crippen molar-refractivity contribution >= 4 is 17.6 Å². The van der Waals surface area contributed by atoms with Gasteiger partial charge in [0, 0.05) is 12.6 Å². The van der Waals surface area contributed by atoms with Crippen LogP contribution in [-0.2, 0) is 14.3 Å². The summed E-state index contributed by atoms with van der Waals surface area (Å²) in [6.07, 6.45) is 1.34. The Morgan fingerprint density at radius 1 is 1.21 bits per heavy atom. The first-order chi connectivity index (χ1) is 11.2. The number of carbonyl (C=O) groups is 2. The third-order valence-electron chi connectivity index (χ3n) is 2.87. The van der Waals surface area contributed by atoms with E-state index >= 15 is 0 Å². The van der Waals surface area contributed by atoms with Crippen molar-refractivity contribution in [3.8, 4) is 0 Å². The predicted octanol–water partition coefficient (Wildman–Crippen LogP) is 3.69. The van der Waals surface area contributed by atoms with Crippen LogP contribution in [0.15, 0.2) is 30.3 Å². The van der Waals surface area contributed by atoms with Crippen molar-refractivity contribution in [3.05, 3.63) is 41.7 Å². The van der Waals surface area contributed by atoms with E-state index in [1.807, 2.05) is 0 Å². The van der Waals surface area contributed by atoms with Gasteiger partial charge < -0.3 is 14.8 Å². The molecule has 1 rings (SSSR count). The Bertz CT molecular complexity index is 588. The second kappa shape index (κ2) is 9.05.